The maximum atomic E-state index is 13.3. The van der Waals surface area contributed by atoms with Gasteiger partial charge >= 0.3 is 0 Å². The molecule has 1 atom stereocenters. The van der Waals surface area contributed by atoms with E-state index in [1.54, 1.807) is 12.1 Å². The number of anilines is 4. The maximum absolute atomic E-state index is 13.3. The molecule has 3 fully saturated rings. The second kappa shape index (κ2) is 20.9. The molecule has 4 N–H and O–H groups in total. The van der Waals surface area contributed by atoms with Crippen molar-refractivity contribution in [3.63, 3.8) is 0 Å². The molecule has 15 nitrogen and oxygen atoms in total. The molecule has 15 heteroatoms. The number of amides is 5. The smallest absolute Gasteiger partial charge is 0.264 e. The fourth-order valence-corrected chi connectivity index (χ4v) is 9.12. The monoisotopic (exact) mass is 835 g/mol. The lowest BCUT2D eigenvalue weighted by Crippen LogP contribution is -2.54. The number of nitrogens with two attached hydrogens (primary N) is 1. The molecular formula is C46H61N9O6. The number of ether oxygens (including phenoxy) is 1. The molecule has 2 aromatic carbocycles. The zero-order valence-corrected chi connectivity index (χ0v) is 35.5. The summed E-state index contributed by atoms with van der Waals surface area (Å²) in [6.07, 6.45) is 11.8. The zero-order chi connectivity index (χ0) is 42.7. The van der Waals surface area contributed by atoms with Gasteiger partial charge in [-0.1, -0.05) is 37.5 Å². The molecule has 7 rings (SSSR count). The molecule has 61 heavy (non-hydrogen) atoms. The van der Waals surface area contributed by atoms with Crippen LogP contribution in [-0.2, 0) is 25.7 Å². The molecule has 0 aliphatic carbocycles. The van der Waals surface area contributed by atoms with E-state index in [4.69, 9.17) is 10.5 Å². The second-order valence-corrected chi connectivity index (χ2v) is 16.8. The van der Waals surface area contributed by atoms with Crippen molar-refractivity contribution in [2.45, 2.75) is 115 Å². The molecule has 5 amide bonds. The van der Waals surface area contributed by atoms with E-state index in [1.807, 2.05) is 13.0 Å². The van der Waals surface area contributed by atoms with Crippen molar-refractivity contribution < 1.29 is 28.7 Å². The lowest BCUT2D eigenvalue weighted by atomic mass is 10.0. The van der Waals surface area contributed by atoms with Crippen molar-refractivity contribution in [3.05, 3.63) is 70.9 Å². The van der Waals surface area contributed by atoms with Crippen molar-refractivity contribution in [1.82, 2.24) is 25.1 Å². The number of aryl methyl sites for hydroxylation is 1. The van der Waals surface area contributed by atoms with Gasteiger partial charge in [-0.2, -0.15) is 4.98 Å². The number of carbonyl (C=O) groups is 5. The van der Waals surface area contributed by atoms with Crippen LogP contribution in [0.5, 0.6) is 0 Å². The third kappa shape index (κ3) is 11.3. The van der Waals surface area contributed by atoms with Crippen LogP contribution in [0.15, 0.2) is 48.5 Å². The Balaban J connectivity index is 0.787. The predicted molar refractivity (Wildman–Crippen MR) is 234 cm³/mol. The van der Waals surface area contributed by atoms with Crippen molar-refractivity contribution in [2.75, 3.05) is 66.8 Å². The summed E-state index contributed by atoms with van der Waals surface area (Å²) in [5, 5.41) is 4.99. The lowest BCUT2D eigenvalue weighted by molar-refractivity contribution is -0.136. The Labute approximate surface area is 358 Å². The predicted octanol–water partition coefficient (Wildman–Crippen LogP) is 5.62. The minimum absolute atomic E-state index is 0.0401. The van der Waals surface area contributed by atoms with Gasteiger partial charge in [-0.3, -0.25) is 39.1 Å². The number of aromatic nitrogens is 2. The summed E-state index contributed by atoms with van der Waals surface area (Å²) in [6, 6.07) is 15.3. The SMILES string of the molecule is Cc1cc(N2CCC(N(CCCCCCOCCCCCC(=O)Nc3cccc4c3C(=O)N(C3CCC(=O)NC3=O)C4=O)Cc3cccc(N4CCCC4)c3)CC2)nc(N)n1. The Morgan fingerprint density at radius 2 is 1.59 bits per heavy atom. The van der Waals surface area contributed by atoms with E-state index in [2.05, 4.69) is 59.6 Å². The van der Waals surface area contributed by atoms with Gasteiger partial charge in [0.2, 0.25) is 23.7 Å². The Morgan fingerprint density at radius 1 is 0.852 bits per heavy atom. The van der Waals surface area contributed by atoms with Crippen molar-refractivity contribution in [3.8, 4) is 0 Å². The minimum Gasteiger partial charge on any atom is -0.381 e. The highest BCUT2D eigenvalue weighted by Crippen LogP contribution is 2.33. The minimum atomic E-state index is -1.06. The van der Waals surface area contributed by atoms with E-state index in [9.17, 15) is 24.0 Å². The number of nitrogens with zero attached hydrogens (tertiary/aromatic N) is 6. The van der Waals surface area contributed by atoms with Gasteiger partial charge < -0.3 is 25.6 Å². The molecule has 5 heterocycles. The van der Waals surface area contributed by atoms with Crippen LogP contribution in [0.3, 0.4) is 0 Å². The summed E-state index contributed by atoms with van der Waals surface area (Å²) in [7, 11) is 0. The first-order valence-corrected chi connectivity index (χ1v) is 22.3. The van der Waals surface area contributed by atoms with E-state index in [0.29, 0.717) is 25.0 Å². The summed E-state index contributed by atoms with van der Waals surface area (Å²) in [5.41, 5.74) is 10.1. The van der Waals surface area contributed by atoms with Gasteiger partial charge in [0.05, 0.1) is 16.8 Å². The highest BCUT2D eigenvalue weighted by atomic mass is 16.5. The number of hydrogen-bond donors (Lipinski definition) is 3. The van der Waals surface area contributed by atoms with Gasteiger partial charge in [0.25, 0.3) is 11.8 Å². The van der Waals surface area contributed by atoms with E-state index in [-0.39, 0.29) is 42.0 Å². The van der Waals surface area contributed by atoms with Gasteiger partial charge in [0, 0.05) is 82.3 Å². The van der Waals surface area contributed by atoms with Gasteiger partial charge in [-0.05, 0) is 101 Å². The van der Waals surface area contributed by atoms with Crippen LogP contribution in [0.2, 0.25) is 0 Å². The normalized spacial score (nSPS) is 18.3. The Bertz CT molecular complexity index is 2030. The third-order valence-corrected chi connectivity index (χ3v) is 12.3. The summed E-state index contributed by atoms with van der Waals surface area (Å²) < 4.78 is 5.94. The number of benzene rings is 2. The molecule has 1 aromatic heterocycles. The molecule has 0 radical (unpaired) electrons. The number of imide groups is 2. The Hall–Kier alpha value is -5.41. The van der Waals surface area contributed by atoms with Crippen molar-refractivity contribution in [1.29, 1.82) is 0 Å². The van der Waals surface area contributed by atoms with Crippen LogP contribution in [-0.4, -0.2) is 107 Å². The van der Waals surface area contributed by atoms with Gasteiger partial charge in [0.1, 0.15) is 11.9 Å². The van der Waals surface area contributed by atoms with Crippen molar-refractivity contribution >= 4 is 52.7 Å². The fourth-order valence-electron chi connectivity index (χ4n) is 9.12. The highest BCUT2D eigenvalue weighted by molar-refractivity contribution is 6.26. The van der Waals surface area contributed by atoms with E-state index in [1.165, 1.54) is 30.2 Å². The first-order chi connectivity index (χ1) is 29.6. The number of piperidine rings is 2. The van der Waals surface area contributed by atoms with Crippen molar-refractivity contribution in [2.24, 2.45) is 0 Å². The molecule has 3 aromatic rings. The van der Waals surface area contributed by atoms with Gasteiger partial charge in [-0.25, -0.2) is 4.98 Å². The van der Waals surface area contributed by atoms with Crippen LogP contribution in [0.1, 0.15) is 122 Å². The number of carbonyl (C=O) groups excluding carboxylic acids is 5. The molecule has 0 spiro atoms. The van der Waals surface area contributed by atoms with Gasteiger partial charge in [-0.15, -0.1) is 0 Å². The molecule has 4 aliphatic heterocycles. The highest BCUT2D eigenvalue weighted by Gasteiger charge is 2.45. The van der Waals surface area contributed by atoms with E-state index in [0.717, 1.165) is 114 Å². The molecule has 0 bridgehead atoms. The van der Waals surface area contributed by atoms with E-state index < -0.39 is 29.7 Å². The number of nitrogens with one attached hydrogen (secondary N) is 2. The number of unbranched alkanes of at least 4 members (excludes halogenated alkanes) is 5. The largest absolute Gasteiger partial charge is 0.381 e. The molecule has 326 valence electrons. The summed E-state index contributed by atoms with van der Waals surface area (Å²) in [4.78, 5) is 80.5. The lowest BCUT2D eigenvalue weighted by Gasteiger charge is -2.39. The first-order valence-electron chi connectivity index (χ1n) is 22.3. The molecule has 1 unspecified atom stereocenters. The summed E-state index contributed by atoms with van der Waals surface area (Å²) >= 11 is 0. The molecular weight excluding hydrogens is 775 g/mol. The molecule has 0 saturated carbocycles. The standard InChI is InChI=1S/C46H61N9O6/c1-32-29-39(50-46(47)48-32)53-25-20-34(21-26-53)54(31-33-13-11-14-35(30-33)52-22-7-8-23-52)24-6-2-3-9-27-61-28-10-4-5-17-40(56)49-37-16-12-15-36-42(37)45(60)55(44(36)59)38-18-19-41(57)51-43(38)58/h11-16,29-30,34,38H,2-10,17-28,31H2,1H3,(H,49,56)(H2,47,48,50)(H,51,57,58). The first kappa shape index (κ1) is 43.7. The second-order valence-electron chi connectivity index (χ2n) is 16.8. The molecule has 4 aliphatic rings. The quantitative estimate of drug-likeness (QED) is 0.0946. The van der Waals surface area contributed by atoms with Crippen LogP contribution in [0.4, 0.5) is 23.1 Å². The average molecular weight is 836 g/mol. The Kier molecular flexibility index (Phi) is 15.0. The topological polar surface area (TPSA) is 183 Å². The van der Waals surface area contributed by atoms with Gasteiger partial charge in [0.15, 0.2) is 0 Å². The number of fused-ring (bicyclic) bond motifs is 1. The summed E-state index contributed by atoms with van der Waals surface area (Å²) in [5.74, 6) is -1.35. The average Bonchev–Trinajstić information content (AvgIpc) is 3.88. The fraction of sp³-hybridized carbons (Fsp3) is 0.543. The third-order valence-electron chi connectivity index (χ3n) is 12.3. The van der Waals surface area contributed by atoms with Crippen LogP contribution >= 0.6 is 0 Å². The number of nitrogen functional groups attached to an aromatic ring is 1. The summed E-state index contributed by atoms with van der Waals surface area (Å²) in [6.45, 7) is 9.54. The Morgan fingerprint density at radius 3 is 2.34 bits per heavy atom. The van der Waals surface area contributed by atoms with Crippen LogP contribution in [0, 0.1) is 6.92 Å². The van der Waals surface area contributed by atoms with Crippen LogP contribution in [0.25, 0.3) is 0 Å². The zero-order valence-electron chi connectivity index (χ0n) is 35.5. The number of hydrogen-bond acceptors (Lipinski definition) is 12. The molecule has 3 saturated heterocycles. The van der Waals surface area contributed by atoms with Crippen LogP contribution < -0.4 is 26.2 Å². The maximum Gasteiger partial charge on any atom is 0.264 e. The van der Waals surface area contributed by atoms with E-state index >= 15 is 0 Å². The number of rotatable bonds is 20.